The maximum atomic E-state index is 2.74. The zero-order valence-electron chi connectivity index (χ0n) is 5.71. The summed E-state index contributed by atoms with van der Waals surface area (Å²) in [4.78, 5) is 0. The molecule has 0 aliphatic rings. The third-order valence-electron chi connectivity index (χ3n) is 1.04. The van der Waals surface area contributed by atoms with Crippen LogP contribution in [0, 0.1) is 0 Å². The van der Waals surface area contributed by atoms with Crippen LogP contribution in [0.1, 0.15) is 26.7 Å². The van der Waals surface area contributed by atoms with Crippen LogP contribution >= 0.6 is 18.6 Å². The van der Waals surface area contributed by atoms with Crippen LogP contribution in [-0.2, 0) is 0 Å². The van der Waals surface area contributed by atoms with E-state index in [1.165, 1.54) is 12.8 Å². The minimum atomic E-state index is -0.717. The van der Waals surface area contributed by atoms with Crippen LogP contribution in [0.15, 0.2) is 0 Å². The Balaban J connectivity index is 2.92. The van der Waals surface area contributed by atoms with Crippen LogP contribution in [0.4, 0.5) is 0 Å². The van der Waals surface area contributed by atoms with Crippen LogP contribution in [0.3, 0.4) is 0 Å². The molecule has 0 spiro atoms. The van der Waals surface area contributed by atoms with Crippen molar-refractivity contribution in [3.8, 4) is 0 Å². The maximum absolute atomic E-state index is 2.74. The van der Waals surface area contributed by atoms with Crippen molar-refractivity contribution >= 4 is 34.4 Å². The van der Waals surface area contributed by atoms with Gasteiger partial charge in [0, 0.05) is 0 Å². The molecule has 0 aromatic carbocycles. The van der Waals surface area contributed by atoms with Gasteiger partial charge >= 0.3 is 70.0 Å². The van der Waals surface area contributed by atoms with E-state index in [-0.39, 0.29) is 0 Å². The van der Waals surface area contributed by atoms with Gasteiger partial charge in [0.05, 0.1) is 0 Å². The molecule has 0 rings (SSSR count). The zero-order chi connectivity index (χ0) is 6.41. The van der Waals surface area contributed by atoms with Crippen molar-refractivity contribution in [3.05, 3.63) is 0 Å². The summed E-state index contributed by atoms with van der Waals surface area (Å²) in [5.41, 5.74) is 0. The third-order valence-corrected chi connectivity index (χ3v) is 14.2. The van der Waals surface area contributed by atoms with Crippen molar-refractivity contribution in [3.63, 3.8) is 0 Å². The summed E-state index contributed by atoms with van der Waals surface area (Å²) in [7, 11) is 0. The number of halogens is 1. The first-order valence-corrected chi connectivity index (χ1v) is 15.7. The molecule has 0 aliphatic heterocycles. The van der Waals surface area contributed by atoms with Gasteiger partial charge in [0.2, 0.25) is 0 Å². The van der Waals surface area contributed by atoms with Crippen molar-refractivity contribution in [1.82, 2.24) is 0 Å². The molecule has 0 N–H and O–H groups in total. The van der Waals surface area contributed by atoms with E-state index in [4.69, 9.17) is 0 Å². The van der Waals surface area contributed by atoms with Gasteiger partial charge in [-0.1, -0.05) is 0 Å². The Kier molecular flexibility index (Phi) is 7.92. The van der Waals surface area contributed by atoms with E-state index in [1.807, 2.05) is 0 Å². The van der Waals surface area contributed by atoms with E-state index in [1.54, 1.807) is 8.87 Å². The molecule has 0 atom stereocenters. The van der Waals surface area contributed by atoms with Gasteiger partial charge in [-0.3, -0.25) is 0 Å². The molecule has 0 saturated carbocycles. The van der Waals surface area contributed by atoms with Crippen molar-refractivity contribution in [2.24, 2.45) is 0 Å². The Morgan fingerprint density at radius 3 is 1.75 bits per heavy atom. The number of hydrogen-bond acceptors (Lipinski definition) is 0. The number of rotatable bonds is 4. The molecule has 0 aliphatic carbocycles. The van der Waals surface area contributed by atoms with E-state index in [0.717, 1.165) is 0 Å². The Labute approximate surface area is 69.4 Å². The zero-order valence-corrected chi connectivity index (χ0v) is 10.7. The summed E-state index contributed by atoms with van der Waals surface area (Å²) in [6.07, 6.45) is 2.86. The van der Waals surface area contributed by atoms with Crippen LogP contribution in [0.2, 0.25) is 8.87 Å². The molecule has 0 heterocycles. The first kappa shape index (κ1) is 9.53. The molecule has 2 heteroatoms. The van der Waals surface area contributed by atoms with E-state index < -0.39 is 15.8 Å². The summed E-state index contributed by atoms with van der Waals surface area (Å²) in [5.74, 6) is 0. The summed E-state index contributed by atoms with van der Waals surface area (Å²) in [5, 5.41) is 0. The molecule has 0 unspecified atom stereocenters. The molecule has 1 radical (unpaired) electrons. The molecule has 0 saturated heterocycles. The quantitative estimate of drug-likeness (QED) is 0.548. The standard InChI is InChI=1S/2C3H7.HI.Sn/c2*1-3-2;;/h2*1,3H2,2H3;1H;/q;;;+1/p-1. The summed E-state index contributed by atoms with van der Waals surface area (Å²) >= 11 is 2.02. The van der Waals surface area contributed by atoms with Gasteiger partial charge in [0.15, 0.2) is 0 Å². The van der Waals surface area contributed by atoms with Gasteiger partial charge < -0.3 is 0 Å². The van der Waals surface area contributed by atoms with E-state index in [9.17, 15) is 0 Å². The fourth-order valence-corrected chi connectivity index (χ4v) is 11.7. The average molecular weight is 332 g/mol. The Morgan fingerprint density at radius 2 is 1.50 bits per heavy atom. The van der Waals surface area contributed by atoms with Crippen molar-refractivity contribution in [2.75, 3.05) is 0 Å². The normalized spacial score (nSPS) is 10.5. The first-order valence-electron chi connectivity index (χ1n) is 3.31. The van der Waals surface area contributed by atoms with Gasteiger partial charge in [0.1, 0.15) is 0 Å². The monoisotopic (exact) mass is 333 g/mol. The third kappa shape index (κ3) is 5.66. The summed E-state index contributed by atoms with van der Waals surface area (Å²) in [6, 6.07) is 0. The molecule has 49 valence electrons. The second kappa shape index (κ2) is 6.65. The molecule has 0 amide bonds. The van der Waals surface area contributed by atoms with Crippen LogP contribution in [0.5, 0.6) is 0 Å². The van der Waals surface area contributed by atoms with Gasteiger partial charge in [-0.25, -0.2) is 0 Å². The summed E-state index contributed by atoms with van der Waals surface area (Å²) in [6.45, 7) is 4.60. The van der Waals surface area contributed by atoms with Crippen LogP contribution in [-0.4, -0.2) is 15.8 Å². The second-order valence-electron chi connectivity index (χ2n) is 2.02. The molecule has 0 aromatic heterocycles. The van der Waals surface area contributed by atoms with Crippen molar-refractivity contribution in [2.45, 2.75) is 35.6 Å². The van der Waals surface area contributed by atoms with Crippen molar-refractivity contribution in [1.29, 1.82) is 0 Å². The van der Waals surface area contributed by atoms with E-state index in [2.05, 4.69) is 32.5 Å². The van der Waals surface area contributed by atoms with Crippen LogP contribution in [0.25, 0.3) is 0 Å². The average Bonchev–Trinajstić information content (AvgIpc) is 1.68. The minimum absolute atomic E-state index is 0.717. The molecular weight excluding hydrogens is 318 g/mol. The SMILES string of the molecule is CC[CH2][Sn]([I])[CH2]CC. The summed E-state index contributed by atoms with van der Waals surface area (Å²) < 4.78 is 3.19. The van der Waals surface area contributed by atoms with Gasteiger partial charge in [-0.2, -0.15) is 0 Å². The molecule has 8 heavy (non-hydrogen) atoms. The van der Waals surface area contributed by atoms with E-state index >= 15 is 0 Å². The predicted molar refractivity (Wildman–Crippen MR) is 50.0 cm³/mol. The first-order chi connectivity index (χ1) is 3.81. The number of hydrogen-bond donors (Lipinski definition) is 0. The van der Waals surface area contributed by atoms with Crippen LogP contribution < -0.4 is 0 Å². The van der Waals surface area contributed by atoms with Gasteiger partial charge in [0.25, 0.3) is 0 Å². The second-order valence-corrected chi connectivity index (χ2v) is 18.1. The Bertz CT molecular complexity index is 41.8. The van der Waals surface area contributed by atoms with Gasteiger partial charge in [-0.15, -0.1) is 0 Å². The molecule has 0 bridgehead atoms. The fraction of sp³-hybridized carbons (Fsp3) is 1.00. The molecular formula is C6H14ISn. The Morgan fingerprint density at radius 1 is 1.12 bits per heavy atom. The topological polar surface area (TPSA) is 0 Å². The Hall–Kier alpha value is 1.53. The molecule has 0 fully saturated rings. The van der Waals surface area contributed by atoms with Gasteiger partial charge in [-0.05, 0) is 0 Å². The molecule has 0 nitrogen and oxygen atoms in total. The van der Waals surface area contributed by atoms with Crippen molar-refractivity contribution < 1.29 is 0 Å². The predicted octanol–water partition coefficient (Wildman–Crippen LogP) is 3.23. The fourth-order valence-electron chi connectivity index (χ4n) is 0.668. The molecule has 0 aromatic rings. The van der Waals surface area contributed by atoms with E-state index in [0.29, 0.717) is 0 Å².